The van der Waals surface area contributed by atoms with Crippen molar-refractivity contribution in [3.05, 3.63) is 0 Å². The Bertz CT molecular complexity index is 960. The average molecular weight is 718 g/mol. The van der Waals surface area contributed by atoms with E-state index in [0.717, 1.165) is 19.3 Å². The number of rotatable bonds is 27. The second-order valence-electron chi connectivity index (χ2n) is 14.5. The van der Waals surface area contributed by atoms with Gasteiger partial charge in [-0.2, -0.15) is 11.8 Å². The highest BCUT2D eigenvalue weighted by Crippen LogP contribution is 2.18. The van der Waals surface area contributed by atoms with Crippen LogP contribution >= 0.6 is 11.8 Å². The van der Waals surface area contributed by atoms with Crippen molar-refractivity contribution in [2.75, 3.05) is 31.8 Å². The van der Waals surface area contributed by atoms with Gasteiger partial charge in [0.25, 0.3) is 0 Å². The first-order chi connectivity index (χ1) is 23.0. The number of esters is 3. The number of thioether (sulfide) groups is 1. The van der Waals surface area contributed by atoms with E-state index < -0.39 is 47.3 Å². The Morgan fingerprint density at radius 1 is 0.755 bits per heavy atom. The Labute approximate surface area is 300 Å². The molecule has 0 unspecified atom stereocenters. The van der Waals surface area contributed by atoms with E-state index in [2.05, 4.69) is 12.2 Å². The molecule has 0 rings (SSSR count). The molecule has 3 atom stereocenters. The van der Waals surface area contributed by atoms with E-state index in [0.29, 0.717) is 25.0 Å². The number of Topliss-reactive ketones (excluding diaryl/α,β-unsaturated/α-hetero) is 1. The van der Waals surface area contributed by atoms with Crippen LogP contribution in [0, 0.1) is 5.92 Å². The third-order valence-electron chi connectivity index (χ3n) is 7.33. The van der Waals surface area contributed by atoms with Gasteiger partial charge in [0.15, 0.2) is 5.78 Å². The standard InChI is InChI=1S/C37H67NO10S/c1-10-12-13-14-15-16-17-18-19-21-29(47-32(40)20-11-2)25-33(41)45-22-23-49-27-30(38-35(43)48-37(6,7)8)31(39)24-28(34(42)44-9)26-46-36(3,4)5/h28-30H,10-27H2,1-9H3,(H,38,43)/t28-,29+,30-/m0/s1. The maximum atomic E-state index is 13.4. The van der Waals surface area contributed by atoms with Crippen LogP contribution < -0.4 is 5.32 Å². The summed E-state index contributed by atoms with van der Waals surface area (Å²) in [5, 5.41) is 2.62. The molecule has 1 amide bonds. The van der Waals surface area contributed by atoms with Crippen molar-refractivity contribution < 1.29 is 47.7 Å². The molecule has 0 heterocycles. The zero-order chi connectivity index (χ0) is 37.3. The predicted molar refractivity (Wildman–Crippen MR) is 194 cm³/mol. The van der Waals surface area contributed by atoms with Crippen LogP contribution in [0.2, 0.25) is 0 Å². The SMILES string of the molecule is CCCCCCCCCCC[C@H](CC(=O)OCCSC[C@H](NC(=O)OC(C)(C)C)C(=O)C[C@@H](COC(C)(C)C)C(=O)OC)OC(=O)CCC. The first-order valence-electron chi connectivity index (χ1n) is 18.2. The summed E-state index contributed by atoms with van der Waals surface area (Å²) in [6.45, 7) is 14.9. The molecule has 286 valence electrons. The number of methoxy groups -OCH3 is 1. The number of unbranched alkanes of at least 4 members (excludes halogenated alkanes) is 8. The van der Waals surface area contributed by atoms with Crippen molar-refractivity contribution in [3.8, 4) is 0 Å². The smallest absolute Gasteiger partial charge is 0.408 e. The lowest BCUT2D eigenvalue weighted by atomic mass is 9.99. The number of carbonyl (C=O) groups excluding carboxylic acids is 5. The number of alkyl carbamates (subject to hydrolysis) is 1. The molecule has 0 fully saturated rings. The van der Waals surface area contributed by atoms with Crippen molar-refractivity contribution in [1.29, 1.82) is 0 Å². The molecule has 12 heteroatoms. The number of ketones is 1. The third kappa shape index (κ3) is 27.1. The van der Waals surface area contributed by atoms with E-state index in [1.54, 1.807) is 20.8 Å². The summed E-state index contributed by atoms with van der Waals surface area (Å²) in [5.74, 6) is -2.04. The minimum Gasteiger partial charge on any atom is -0.469 e. The fraction of sp³-hybridized carbons (Fsp3) is 0.865. The van der Waals surface area contributed by atoms with Crippen LogP contribution in [0.25, 0.3) is 0 Å². The molecule has 1 N–H and O–H groups in total. The lowest BCUT2D eigenvalue weighted by Gasteiger charge is -2.25. The summed E-state index contributed by atoms with van der Waals surface area (Å²) < 4.78 is 27.0. The first kappa shape index (κ1) is 46.7. The van der Waals surface area contributed by atoms with Gasteiger partial charge < -0.3 is 29.0 Å². The van der Waals surface area contributed by atoms with Crippen LogP contribution in [-0.4, -0.2) is 85.0 Å². The number of nitrogens with one attached hydrogen (secondary N) is 1. The number of amides is 1. The van der Waals surface area contributed by atoms with Crippen molar-refractivity contribution in [2.45, 2.75) is 169 Å². The van der Waals surface area contributed by atoms with Gasteiger partial charge in [0, 0.05) is 24.3 Å². The van der Waals surface area contributed by atoms with Crippen LogP contribution in [-0.2, 0) is 42.9 Å². The number of hydrogen-bond acceptors (Lipinski definition) is 11. The minimum absolute atomic E-state index is 0.00992. The number of ether oxygens (including phenoxy) is 5. The Kier molecular flexibility index (Phi) is 25.2. The largest absolute Gasteiger partial charge is 0.469 e. The molecule has 0 spiro atoms. The summed E-state index contributed by atoms with van der Waals surface area (Å²) in [6, 6.07) is -0.962. The number of hydrogen-bond donors (Lipinski definition) is 1. The van der Waals surface area contributed by atoms with E-state index in [4.69, 9.17) is 23.7 Å². The van der Waals surface area contributed by atoms with Gasteiger partial charge in [0.2, 0.25) is 0 Å². The molecule has 0 aromatic heterocycles. The van der Waals surface area contributed by atoms with Gasteiger partial charge in [-0.15, -0.1) is 0 Å². The third-order valence-corrected chi connectivity index (χ3v) is 8.36. The zero-order valence-corrected chi connectivity index (χ0v) is 32.8. The van der Waals surface area contributed by atoms with Gasteiger partial charge in [-0.25, -0.2) is 4.79 Å². The highest BCUT2D eigenvalue weighted by atomic mass is 32.2. The van der Waals surface area contributed by atoms with Crippen LogP contribution in [0.4, 0.5) is 4.79 Å². The Morgan fingerprint density at radius 3 is 1.92 bits per heavy atom. The van der Waals surface area contributed by atoms with Crippen molar-refractivity contribution in [3.63, 3.8) is 0 Å². The first-order valence-corrected chi connectivity index (χ1v) is 19.3. The normalized spacial score (nSPS) is 13.6. The molecule has 11 nitrogen and oxygen atoms in total. The van der Waals surface area contributed by atoms with Crippen LogP contribution in [0.3, 0.4) is 0 Å². The molecule has 49 heavy (non-hydrogen) atoms. The summed E-state index contributed by atoms with van der Waals surface area (Å²) in [4.78, 5) is 63.2. The van der Waals surface area contributed by atoms with Gasteiger partial charge in [0.1, 0.15) is 18.3 Å². The van der Waals surface area contributed by atoms with Gasteiger partial charge in [-0.3, -0.25) is 19.2 Å². The van der Waals surface area contributed by atoms with E-state index in [1.807, 2.05) is 27.7 Å². The van der Waals surface area contributed by atoms with Crippen molar-refractivity contribution in [1.82, 2.24) is 5.32 Å². The summed E-state index contributed by atoms with van der Waals surface area (Å²) in [5.41, 5.74) is -1.30. The van der Waals surface area contributed by atoms with E-state index in [1.165, 1.54) is 57.4 Å². The average Bonchev–Trinajstić information content (AvgIpc) is 2.99. The lowest BCUT2D eigenvalue weighted by Crippen LogP contribution is -2.46. The maximum Gasteiger partial charge on any atom is 0.408 e. The molecule has 0 saturated carbocycles. The molecule has 0 aliphatic heterocycles. The Morgan fingerprint density at radius 2 is 1.37 bits per heavy atom. The Balaban J connectivity index is 5.06. The van der Waals surface area contributed by atoms with E-state index in [-0.39, 0.29) is 43.6 Å². The molecule has 0 bridgehead atoms. The van der Waals surface area contributed by atoms with E-state index >= 15 is 0 Å². The van der Waals surface area contributed by atoms with Gasteiger partial charge in [-0.1, -0.05) is 65.2 Å². The molecular weight excluding hydrogens is 650 g/mol. The minimum atomic E-state index is -0.962. The van der Waals surface area contributed by atoms with Gasteiger partial charge in [-0.05, 0) is 60.8 Å². The summed E-state index contributed by atoms with van der Waals surface area (Å²) in [7, 11) is 1.25. The molecule has 0 aliphatic rings. The highest BCUT2D eigenvalue weighted by Gasteiger charge is 2.31. The van der Waals surface area contributed by atoms with Gasteiger partial charge >= 0.3 is 24.0 Å². The molecular formula is C37H67NO10S. The number of carbonyl (C=O) groups is 5. The topological polar surface area (TPSA) is 144 Å². The second kappa shape index (κ2) is 26.5. The predicted octanol–water partition coefficient (Wildman–Crippen LogP) is 7.74. The van der Waals surface area contributed by atoms with Crippen LogP contribution in [0.5, 0.6) is 0 Å². The monoisotopic (exact) mass is 717 g/mol. The zero-order valence-electron chi connectivity index (χ0n) is 32.0. The fourth-order valence-corrected chi connectivity index (χ4v) is 5.65. The van der Waals surface area contributed by atoms with Crippen LogP contribution in [0.1, 0.15) is 145 Å². The quantitative estimate of drug-likeness (QED) is 0.0506. The molecule has 0 aromatic carbocycles. The molecule has 0 aromatic rings. The van der Waals surface area contributed by atoms with E-state index in [9.17, 15) is 24.0 Å². The molecule has 0 saturated heterocycles. The second-order valence-corrected chi connectivity index (χ2v) is 15.6. The summed E-state index contributed by atoms with van der Waals surface area (Å²) >= 11 is 1.31. The van der Waals surface area contributed by atoms with Crippen LogP contribution in [0.15, 0.2) is 0 Å². The van der Waals surface area contributed by atoms with Crippen molar-refractivity contribution >= 4 is 41.5 Å². The molecule has 0 aliphatic carbocycles. The fourth-order valence-electron chi connectivity index (χ4n) is 4.77. The Hall–Kier alpha value is -2.34. The maximum absolute atomic E-state index is 13.4. The highest BCUT2D eigenvalue weighted by molar-refractivity contribution is 7.99. The van der Waals surface area contributed by atoms with Crippen molar-refractivity contribution in [2.24, 2.45) is 5.92 Å². The summed E-state index contributed by atoms with van der Waals surface area (Å²) in [6.07, 6.45) is 10.7. The van der Waals surface area contributed by atoms with Gasteiger partial charge in [0.05, 0.1) is 37.7 Å². The molecule has 0 radical (unpaired) electrons. The lowest BCUT2D eigenvalue weighted by molar-refractivity contribution is -0.155.